The predicted molar refractivity (Wildman–Crippen MR) is 100 cm³/mol. The van der Waals surface area contributed by atoms with Crippen molar-refractivity contribution in [2.75, 3.05) is 16.7 Å². The number of aromatic amines is 1. The number of aromatic nitrogens is 3. The quantitative estimate of drug-likeness (QED) is 0.633. The van der Waals surface area contributed by atoms with Crippen molar-refractivity contribution in [3.8, 4) is 6.07 Å². The van der Waals surface area contributed by atoms with E-state index in [1.807, 2.05) is 6.92 Å². The van der Waals surface area contributed by atoms with Crippen molar-refractivity contribution in [3.63, 3.8) is 0 Å². The van der Waals surface area contributed by atoms with Crippen LogP contribution in [0.5, 0.6) is 0 Å². The number of hydrogen-bond donors (Lipinski definition) is 2. The predicted octanol–water partition coefficient (Wildman–Crippen LogP) is 1.39. The van der Waals surface area contributed by atoms with Crippen LogP contribution in [-0.4, -0.2) is 43.6 Å². The minimum atomic E-state index is -3.93. The number of rotatable bonds is 6. The Morgan fingerprint density at radius 2 is 2.04 bits per heavy atom. The Bertz CT molecular complexity index is 1260. The van der Waals surface area contributed by atoms with Crippen molar-refractivity contribution in [1.82, 2.24) is 14.8 Å². The second-order valence-corrected chi connectivity index (χ2v) is 10.1. The number of aryl methyl sites for hydroxylation is 2. The van der Waals surface area contributed by atoms with Gasteiger partial charge in [0.05, 0.1) is 35.3 Å². The van der Waals surface area contributed by atoms with Crippen LogP contribution in [0.3, 0.4) is 0 Å². The number of hydrogen-bond acceptors (Lipinski definition) is 6. The summed E-state index contributed by atoms with van der Waals surface area (Å²) in [6.45, 7) is 1.90. The maximum atomic E-state index is 12.7. The number of anilines is 1. The maximum Gasteiger partial charge on any atom is 0.265 e. The maximum absolute atomic E-state index is 12.7. The van der Waals surface area contributed by atoms with E-state index in [9.17, 15) is 22.1 Å². The van der Waals surface area contributed by atoms with Crippen LogP contribution < -0.4 is 4.72 Å². The molecule has 3 aromatic rings. The number of H-pyrrole nitrogens is 1. The lowest BCUT2D eigenvalue weighted by atomic mass is 10.1. The van der Waals surface area contributed by atoms with Crippen LogP contribution in [-0.2, 0) is 26.4 Å². The van der Waals surface area contributed by atoms with E-state index in [1.54, 1.807) is 12.1 Å². The van der Waals surface area contributed by atoms with Gasteiger partial charge in [0, 0.05) is 24.0 Å². The molecule has 0 atom stereocenters. The molecule has 0 aliphatic heterocycles. The van der Waals surface area contributed by atoms with Crippen molar-refractivity contribution in [2.45, 2.75) is 18.4 Å². The number of sulfone groups is 1. The molecule has 0 radical (unpaired) electrons. The fourth-order valence-corrected chi connectivity index (χ4v) is 4.20. The molecule has 3 rings (SSSR count). The summed E-state index contributed by atoms with van der Waals surface area (Å²) in [7, 11) is -7.12. The second-order valence-electron chi connectivity index (χ2n) is 6.17. The zero-order chi connectivity index (χ0) is 19.8. The molecule has 0 aliphatic rings. The third kappa shape index (κ3) is 3.96. The van der Waals surface area contributed by atoms with Gasteiger partial charge in [-0.15, -0.1) is 0 Å². The van der Waals surface area contributed by atoms with Crippen molar-refractivity contribution in [2.24, 2.45) is 0 Å². The summed E-state index contributed by atoms with van der Waals surface area (Å²) in [6.07, 6.45) is 5.06. The van der Waals surface area contributed by atoms with E-state index in [1.165, 1.54) is 17.1 Å². The fourth-order valence-electron chi connectivity index (χ4n) is 2.66. The lowest BCUT2D eigenvalue weighted by Crippen LogP contribution is -2.13. The van der Waals surface area contributed by atoms with E-state index in [2.05, 4.69) is 20.9 Å². The van der Waals surface area contributed by atoms with Crippen LogP contribution in [0, 0.1) is 18.3 Å². The first-order chi connectivity index (χ1) is 12.6. The Kier molecular flexibility index (Phi) is 4.71. The average Bonchev–Trinajstić information content (AvgIpc) is 3.22. The number of nitrogens with zero attached hydrogens (tertiary/aromatic N) is 3. The summed E-state index contributed by atoms with van der Waals surface area (Å²) in [5.41, 5.74) is 2.09. The Balaban J connectivity index is 1.91. The normalized spacial score (nSPS) is 12.2. The monoisotopic (exact) mass is 407 g/mol. The van der Waals surface area contributed by atoms with Crippen LogP contribution >= 0.6 is 0 Å². The zero-order valence-corrected chi connectivity index (χ0v) is 16.2. The molecule has 0 unspecified atom stereocenters. The number of nitriles is 1. The van der Waals surface area contributed by atoms with Crippen molar-refractivity contribution >= 4 is 36.5 Å². The molecule has 2 N–H and O–H groups in total. The zero-order valence-electron chi connectivity index (χ0n) is 14.6. The van der Waals surface area contributed by atoms with E-state index >= 15 is 0 Å². The van der Waals surface area contributed by atoms with Gasteiger partial charge in [0.25, 0.3) is 10.0 Å². The molecule has 142 valence electrons. The Hall–Kier alpha value is -2.84. The van der Waals surface area contributed by atoms with E-state index in [0.717, 1.165) is 18.0 Å². The Morgan fingerprint density at radius 1 is 1.30 bits per heavy atom. The summed E-state index contributed by atoms with van der Waals surface area (Å²) in [6, 6.07) is 5.41. The van der Waals surface area contributed by atoms with Crippen molar-refractivity contribution < 1.29 is 16.8 Å². The standard InChI is InChI=1S/C16H17N5O4S2/c1-11-3-4-14(16-15(11)12(7-17)8-18-16)20-27(24,25)13-9-19-21(10-13)5-6-26(2,22)23/h3-4,8-10,18,20H,5-6H2,1-2H3. The number of benzene rings is 1. The van der Waals surface area contributed by atoms with Crippen molar-refractivity contribution in [3.05, 3.63) is 41.9 Å². The van der Waals surface area contributed by atoms with Gasteiger partial charge in [-0.25, -0.2) is 16.8 Å². The molecule has 0 saturated carbocycles. The van der Waals surface area contributed by atoms with Crippen LogP contribution in [0.15, 0.2) is 35.6 Å². The van der Waals surface area contributed by atoms with Gasteiger partial charge >= 0.3 is 0 Å². The van der Waals surface area contributed by atoms with Gasteiger partial charge in [-0.3, -0.25) is 9.40 Å². The molecule has 0 fully saturated rings. The highest BCUT2D eigenvalue weighted by Crippen LogP contribution is 2.29. The van der Waals surface area contributed by atoms with Gasteiger partial charge in [0.2, 0.25) is 0 Å². The molecule has 0 aliphatic carbocycles. The fraction of sp³-hybridized carbons (Fsp3) is 0.250. The smallest absolute Gasteiger partial charge is 0.265 e. The van der Waals surface area contributed by atoms with Crippen LogP contribution in [0.25, 0.3) is 10.9 Å². The van der Waals surface area contributed by atoms with Crippen LogP contribution in [0.4, 0.5) is 5.69 Å². The summed E-state index contributed by atoms with van der Waals surface area (Å²) in [4.78, 5) is 2.84. The molecule has 2 aromatic heterocycles. The first kappa shape index (κ1) is 18.9. The molecular formula is C16H17N5O4S2. The lowest BCUT2D eigenvalue weighted by Gasteiger charge is -2.09. The molecule has 2 heterocycles. The van der Waals surface area contributed by atoms with Crippen LogP contribution in [0.1, 0.15) is 11.1 Å². The highest BCUT2D eigenvalue weighted by molar-refractivity contribution is 7.92. The summed E-state index contributed by atoms with van der Waals surface area (Å²) >= 11 is 0. The molecule has 0 saturated heterocycles. The van der Waals surface area contributed by atoms with Gasteiger partial charge in [0.1, 0.15) is 20.8 Å². The average molecular weight is 407 g/mol. The van der Waals surface area contributed by atoms with Gasteiger partial charge < -0.3 is 4.98 Å². The van der Waals surface area contributed by atoms with E-state index in [0.29, 0.717) is 22.2 Å². The highest BCUT2D eigenvalue weighted by Gasteiger charge is 2.20. The van der Waals surface area contributed by atoms with E-state index in [-0.39, 0.29) is 17.2 Å². The molecule has 0 amide bonds. The molecule has 27 heavy (non-hydrogen) atoms. The summed E-state index contributed by atoms with van der Waals surface area (Å²) in [5, 5.41) is 13.8. The molecule has 11 heteroatoms. The Labute approximate surface area is 156 Å². The molecule has 0 bridgehead atoms. The second kappa shape index (κ2) is 6.71. The molecule has 9 nitrogen and oxygen atoms in total. The SMILES string of the molecule is Cc1ccc(NS(=O)(=O)c2cnn(CCS(C)(=O)=O)c2)c2[nH]cc(C#N)c12. The first-order valence-electron chi connectivity index (χ1n) is 7.84. The van der Waals surface area contributed by atoms with E-state index in [4.69, 9.17) is 0 Å². The number of nitrogens with one attached hydrogen (secondary N) is 2. The number of fused-ring (bicyclic) bond motifs is 1. The third-order valence-corrected chi connectivity index (χ3v) is 6.26. The van der Waals surface area contributed by atoms with Crippen LogP contribution in [0.2, 0.25) is 0 Å². The highest BCUT2D eigenvalue weighted by atomic mass is 32.2. The lowest BCUT2D eigenvalue weighted by molar-refractivity contribution is 0.585. The molecular weight excluding hydrogens is 390 g/mol. The minimum absolute atomic E-state index is 0.0608. The molecule has 1 aromatic carbocycles. The summed E-state index contributed by atoms with van der Waals surface area (Å²) in [5.74, 6) is -0.139. The summed E-state index contributed by atoms with van der Waals surface area (Å²) < 4.78 is 51.5. The third-order valence-electron chi connectivity index (χ3n) is 4.02. The first-order valence-corrected chi connectivity index (χ1v) is 11.4. The topological polar surface area (TPSA) is 138 Å². The van der Waals surface area contributed by atoms with Gasteiger partial charge in [-0.1, -0.05) is 6.07 Å². The Morgan fingerprint density at radius 3 is 2.70 bits per heavy atom. The minimum Gasteiger partial charge on any atom is -0.358 e. The van der Waals surface area contributed by atoms with Gasteiger partial charge in [0.15, 0.2) is 0 Å². The number of sulfonamides is 1. The van der Waals surface area contributed by atoms with Gasteiger partial charge in [-0.2, -0.15) is 10.4 Å². The van der Waals surface area contributed by atoms with Gasteiger partial charge in [-0.05, 0) is 18.6 Å². The molecule has 0 spiro atoms. The van der Waals surface area contributed by atoms with Crippen molar-refractivity contribution in [1.29, 1.82) is 5.26 Å². The van der Waals surface area contributed by atoms with E-state index < -0.39 is 19.9 Å². The largest absolute Gasteiger partial charge is 0.358 e.